The Bertz CT molecular complexity index is 528. The van der Waals surface area contributed by atoms with E-state index in [1.54, 1.807) is 31.5 Å². The molecule has 94 valence electrons. The number of nitrogens with zero attached hydrogens (tertiary/aromatic N) is 2. The Morgan fingerprint density at radius 1 is 1.28 bits per heavy atom. The van der Waals surface area contributed by atoms with E-state index in [0.717, 1.165) is 12.0 Å². The van der Waals surface area contributed by atoms with Gasteiger partial charge in [-0.1, -0.05) is 0 Å². The van der Waals surface area contributed by atoms with E-state index in [9.17, 15) is 4.39 Å². The van der Waals surface area contributed by atoms with Crippen molar-refractivity contribution in [1.29, 1.82) is 0 Å². The van der Waals surface area contributed by atoms with Crippen LogP contribution in [0.25, 0.3) is 0 Å². The number of rotatable bonds is 4. The van der Waals surface area contributed by atoms with Crippen LogP contribution >= 0.6 is 0 Å². The lowest BCUT2D eigenvalue weighted by Gasteiger charge is -2.05. The molecule has 0 aliphatic carbocycles. The predicted octanol–water partition coefficient (Wildman–Crippen LogP) is 2.22. The van der Waals surface area contributed by atoms with Gasteiger partial charge in [0.2, 0.25) is 0 Å². The van der Waals surface area contributed by atoms with Gasteiger partial charge in [-0.2, -0.15) is 0 Å². The zero-order valence-electron chi connectivity index (χ0n) is 10.1. The maximum atomic E-state index is 13.1. The monoisotopic (exact) mass is 247 g/mol. The summed E-state index contributed by atoms with van der Waals surface area (Å²) >= 11 is 0. The summed E-state index contributed by atoms with van der Waals surface area (Å²) < 4.78 is 18.5. The van der Waals surface area contributed by atoms with Crippen molar-refractivity contribution >= 4 is 0 Å². The van der Waals surface area contributed by atoms with E-state index < -0.39 is 0 Å². The highest BCUT2D eigenvalue weighted by atomic mass is 19.1. The Labute approximate surface area is 105 Å². The van der Waals surface area contributed by atoms with E-state index in [1.807, 2.05) is 0 Å². The lowest BCUT2D eigenvalue weighted by molar-refractivity contribution is 0.439. The summed E-state index contributed by atoms with van der Waals surface area (Å²) in [5.74, 6) is 0.252. The van der Waals surface area contributed by atoms with Crippen molar-refractivity contribution in [1.82, 2.24) is 9.97 Å². The second kappa shape index (κ2) is 5.55. The molecule has 2 rings (SSSR count). The second-order valence-electron chi connectivity index (χ2n) is 3.93. The molecule has 2 N–H and O–H groups in total. The molecule has 0 spiro atoms. The summed E-state index contributed by atoms with van der Waals surface area (Å²) in [6.07, 6.45) is 4.08. The largest absolute Gasteiger partial charge is 0.424 e. The number of halogens is 1. The summed E-state index contributed by atoms with van der Waals surface area (Å²) in [6.45, 7) is 2.23. The van der Waals surface area contributed by atoms with Gasteiger partial charge in [-0.3, -0.25) is 0 Å². The van der Waals surface area contributed by atoms with Gasteiger partial charge in [0.25, 0.3) is 0 Å². The maximum absolute atomic E-state index is 13.1. The molecule has 2 aromatic rings. The molecule has 0 bridgehead atoms. The lowest BCUT2D eigenvalue weighted by Crippen LogP contribution is -2.03. The second-order valence-corrected chi connectivity index (χ2v) is 3.93. The van der Waals surface area contributed by atoms with Crippen molar-refractivity contribution in [2.75, 3.05) is 6.54 Å². The molecule has 0 saturated carbocycles. The zero-order chi connectivity index (χ0) is 13.0. The quantitative estimate of drug-likeness (QED) is 0.899. The van der Waals surface area contributed by atoms with Crippen molar-refractivity contribution in [3.63, 3.8) is 0 Å². The normalized spacial score (nSPS) is 10.4. The first-order chi connectivity index (χ1) is 8.69. The summed E-state index contributed by atoms with van der Waals surface area (Å²) in [5.41, 5.74) is 6.91. The van der Waals surface area contributed by atoms with E-state index in [-0.39, 0.29) is 11.8 Å². The predicted molar refractivity (Wildman–Crippen MR) is 66.0 cm³/mol. The molecule has 0 radical (unpaired) electrons. The van der Waals surface area contributed by atoms with Gasteiger partial charge in [0.15, 0.2) is 0 Å². The van der Waals surface area contributed by atoms with Gasteiger partial charge in [-0.15, -0.1) is 0 Å². The lowest BCUT2D eigenvalue weighted by atomic mass is 10.2. The van der Waals surface area contributed by atoms with Crippen LogP contribution in [0.2, 0.25) is 0 Å². The highest BCUT2D eigenvalue weighted by Gasteiger charge is 2.03. The standard InChI is InChI=1S/C13H14FN3O/c1-9-6-11(2-3-12(9)14)18-13-16-7-10(4-5-15)8-17-13/h2-3,6-8H,4-5,15H2,1H3. The van der Waals surface area contributed by atoms with Gasteiger partial charge in [0.05, 0.1) is 0 Å². The third kappa shape index (κ3) is 3.01. The van der Waals surface area contributed by atoms with Crippen LogP contribution < -0.4 is 10.5 Å². The van der Waals surface area contributed by atoms with Crippen molar-refractivity contribution < 1.29 is 9.13 Å². The molecule has 0 atom stereocenters. The van der Waals surface area contributed by atoms with Crippen molar-refractivity contribution in [2.24, 2.45) is 5.73 Å². The number of hydrogen-bond donors (Lipinski definition) is 1. The Morgan fingerprint density at radius 3 is 2.61 bits per heavy atom. The third-order valence-electron chi connectivity index (χ3n) is 2.45. The molecule has 4 nitrogen and oxygen atoms in total. The van der Waals surface area contributed by atoms with E-state index in [1.165, 1.54) is 6.07 Å². The first-order valence-electron chi connectivity index (χ1n) is 5.64. The Kier molecular flexibility index (Phi) is 3.84. The van der Waals surface area contributed by atoms with Crippen LogP contribution in [0.4, 0.5) is 4.39 Å². The van der Waals surface area contributed by atoms with Crippen LogP contribution in [0.5, 0.6) is 11.8 Å². The van der Waals surface area contributed by atoms with E-state index >= 15 is 0 Å². The average Bonchev–Trinajstić information content (AvgIpc) is 2.37. The van der Waals surface area contributed by atoms with Crippen LogP contribution in [0.3, 0.4) is 0 Å². The molecular weight excluding hydrogens is 233 g/mol. The van der Waals surface area contributed by atoms with Gasteiger partial charge < -0.3 is 10.5 Å². The molecule has 1 aromatic heterocycles. The van der Waals surface area contributed by atoms with Crippen LogP contribution in [0, 0.1) is 12.7 Å². The number of nitrogens with two attached hydrogens (primary N) is 1. The molecule has 0 amide bonds. The van der Waals surface area contributed by atoms with Gasteiger partial charge >= 0.3 is 6.01 Å². The summed E-state index contributed by atoms with van der Waals surface area (Å²) in [4.78, 5) is 8.12. The van der Waals surface area contributed by atoms with Crippen molar-refractivity contribution in [3.05, 3.63) is 47.5 Å². The molecule has 1 heterocycles. The molecule has 1 aromatic carbocycles. The number of benzene rings is 1. The smallest absolute Gasteiger partial charge is 0.321 e. The molecule has 0 aliphatic rings. The molecule has 5 heteroatoms. The first-order valence-corrected chi connectivity index (χ1v) is 5.64. The fraction of sp³-hybridized carbons (Fsp3) is 0.231. The van der Waals surface area contributed by atoms with Gasteiger partial charge in [0, 0.05) is 12.4 Å². The summed E-state index contributed by atoms with van der Waals surface area (Å²) in [5, 5.41) is 0. The maximum Gasteiger partial charge on any atom is 0.321 e. The Hall–Kier alpha value is -2.01. The zero-order valence-corrected chi connectivity index (χ0v) is 10.1. The van der Waals surface area contributed by atoms with Crippen LogP contribution in [-0.4, -0.2) is 16.5 Å². The highest BCUT2D eigenvalue weighted by Crippen LogP contribution is 2.20. The Morgan fingerprint density at radius 2 is 2.00 bits per heavy atom. The molecule has 18 heavy (non-hydrogen) atoms. The third-order valence-corrected chi connectivity index (χ3v) is 2.45. The topological polar surface area (TPSA) is 61.0 Å². The first kappa shape index (κ1) is 12.4. The SMILES string of the molecule is Cc1cc(Oc2ncc(CCN)cn2)ccc1F. The van der Waals surface area contributed by atoms with Crippen molar-refractivity contribution in [2.45, 2.75) is 13.3 Å². The van der Waals surface area contributed by atoms with Gasteiger partial charge in [0.1, 0.15) is 11.6 Å². The fourth-order valence-corrected chi connectivity index (χ4v) is 1.48. The minimum absolute atomic E-state index is 0.238. The average molecular weight is 247 g/mol. The minimum atomic E-state index is -0.262. The van der Waals surface area contributed by atoms with Crippen LogP contribution in [0.1, 0.15) is 11.1 Å². The van der Waals surface area contributed by atoms with Crippen molar-refractivity contribution in [3.8, 4) is 11.8 Å². The number of hydrogen-bond acceptors (Lipinski definition) is 4. The molecule has 0 unspecified atom stereocenters. The summed E-state index contributed by atoms with van der Waals surface area (Å²) in [7, 11) is 0. The molecule has 0 saturated heterocycles. The van der Waals surface area contributed by atoms with Gasteiger partial charge in [-0.25, -0.2) is 14.4 Å². The fourth-order valence-electron chi connectivity index (χ4n) is 1.48. The molecular formula is C13H14FN3O. The molecule has 0 aliphatic heterocycles. The molecule has 0 fully saturated rings. The number of ether oxygens (including phenoxy) is 1. The minimum Gasteiger partial charge on any atom is -0.424 e. The summed E-state index contributed by atoms with van der Waals surface area (Å²) in [6, 6.07) is 4.74. The van der Waals surface area contributed by atoms with E-state index in [4.69, 9.17) is 10.5 Å². The Balaban J connectivity index is 2.10. The van der Waals surface area contributed by atoms with E-state index in [2.05, 4.69) is 9.97 Å². The van der Waals surface area contributed by atoms with Gasteiger partial charge in [-0.05, 0) is 49.2 Å². The highest BCUT2D eigenvalue weighted by molar-refractivity contribution is 5.30. The van der Waals surface area contributed by atoms with Crippen LogP contribution in [0.15, 0.2) is 30.6 Å². The van der Waals surface area contributed by atoms with Crippen LogP contribution in [-0.2, 0) is 6.42 Å². The number of aryl methyl sites for hydroxylation is 1. The van der Waals surface area contributed by atoms with E-state index in [0.29, 0.717) is 17.9 Å². The number of aromatic nitrogens is 2.